The fraction of sp³-hybridized carbons (Fsp3) is 0.538. The fourth-order valence-corrected chi connectivity index (χ4v) is 14.2. The number of aryl methyl sites for hydroxylation is 6. The summed E-state index contributed by atoms with van der Waals surface area (Å²) in [6.07, 6.45) is -1.33. The molecule has 0 saturated carbocycles. The summed E-state index contributed by atoms with van der Waals surface area (Å²) in [6.45, 7) is 31.8. The molecule has 12 heteroatoms. The van der Waals surface area contributed by atoms with E-state index in [0.29, 0.717) is 35.1 Å². The molecule has 2 fully saturated rings. The van der Waals surface area contributed by atoms with Crippen molar-refractivity contribution in [2.75, 3.05) is 13.2 Å². The second-order valence-electron chi connectivity index (χ2n) is 21.5. The Morgan fingerprint density at radius 1 is 0.547 bits per heavy atom. The van der Waals surface area contributed by atoms with Gasteiger partial charge in [-0.3, -0.25) is 0 Å². The van der Waals surface area contributed by atoms with Gasteiger partial charge in [-0.15, -0.1) is 0 Å². The van der Waals surface area contributed by atoms with E-state index < -0.39 is 55.4 Å². The van der Waals surface area contributed by atoms with Crippen LogP contribution in [-0.2, 0) is 40.4 Å². The molecule has 2 N–H and O–H groups in total. The average molecular weight is 917 g/mol. The minimum Gasteiger partial charge on any atom is -0.507 e. The Morgan fingerprint density at radius 2 is 0.844 bits per heavy atom. The van der Waals surface area contributed by atoms with E-state index in [-0.39, 0.29) is 68.6 Å². The van der Waals surface area contributed by atoms with E-state index in [9.17, 15) is 10.2 Å². The summed E-state index contributed by atoms with van der Waals surface area (Å²) in [7, 11) is -8.40. The van der Waals surface area contributed by atoms with Crippen LogP contribution in [0.4, 0.5) is 0 Å². The summed E-state index contributed by atoms with van der Waals surface area (Å²) >= 11 is 0. The summed E-state index contributed by atoms with van der Waals surface area (Å²) in [4.78, 5) is 0.439. The van der Waals surface area contributed by atoms with Gasteiger partial charge in [-0.05, 0) is 135 Å². The van der Waals surface area contributed by atoms with E-state index >= 15 is 16.8 Å². The molecule has 2 saturated heterocycles. The Hall–Kier alpha value is -3.78. The maximum absolute atomic E-state index is 15.1. The van der Waals surface area contributed by atoms with E-state index in [1.165, 1.54) is 8.61 Å². The zero-order valence-corrected chi connectivity index (χ0v) is 42.6. The molecular formula is C52H72N2O8S2. The third-order valence-electron chi connectivity index (χ3n) is 12.7. The molecule has 0 aromatic heterocycles. The molecule has 2 heterocycles. The number of phenols is 2. The number of nitrogens with zero attached hydrogens (tertiary/aromatic N) is 2. The minimum atomic E-state index is -4.20. The van der Waals surface area contributed by atoms with Crippen molar-refractivity contribution in [2.24, 2.45) is 11.8 Å². The van der Waals surface area contributed by atoms with Gasteiger partial charge in [0.05, 0.1) is 35.1 Å². The second-order valence-corrected chi connectivity index (χ2v) is 25.0. The van der Waals surface area contributed by atoms with Crippen molar-refractivity contribution in [1.29, 1.82) is 0 Å². The van der Waals surface area contributed by atoms with Crippen LogP contribution >= 0.6 is 0 Å². The molecule has 350 valence electrons. The van der Waals surface area contributed by atoms with Crippen LogP contribution in [0, 0.1) is 53.4 Å². The normalized spacial score (nSPS) is 20.6. The first-order chi connectivity index (χ1) is 29.5. The van der Waals surface area contributed by atoms with Crippen molar-refractivity contribution >= 4 is 20.0 Å². The summed E-state index contributed by atoms with van der Waals surface area (Å²) in [6, 6.07) is 13.8. The van der Waals surface area contributed by atoms with Gasteiger partial charge in [-0.2, -0.15) is 8.61 Å². The lowest BCUT2D eigenvalue weighted by Gasteiger charge is -2.32. The van der Waals surface area contributed by atoms with Crippen LogP contribution in [0.15, 0.2) is 58.3 Å². The van der Waals surface area contributed by atoms with Crippen molar-refractivity contribution < 1.29 is 36.5 Å². The molecule has 4 aromatic carbocycles. The molecule has 4 atom stereocenters. The highest BCUT2D eigenvalue weighted by atomic mass is 32.2. The highest BCUT2D eigenvalue weighted by Crippen LogP contribution is 2.52. The van der Waals surface area contributed by atoms with Crippen LogP contribution in [0.5, 0.6) is 11.5 Å². The van der Waals surface area contributed by atoms with Gasteiger partial charge in [0.25, 0.3) is 0 Å². The lowest BCUT2D eigenvalue weighted by molar-refractivity contribution is 0.0653. The van der Waals surface area contributed by atoms with Crippen LogP contribution in [0.2, 0.25) is 0 Å². The first kappa shape index (κ1) is 49.6. The molecular weight excluding hydrogens is 845 g/mol. The molecule has 4 aromatic rings. The Morgan fingerprint density at radius 3 is 1.11 bits per heavy atom. The molecule has 64 heavy (non-hydrogen) atoms. The first-order valence-corrected chi connectivity index (χ1v) is 25.6. The standard InChI is InChI=1S/C52H72N2O8S2/c1-29(2)17-39-27-61-49(53(39)63(57,58)47-33(7)19-31(5)20-34(47)8)43-25-37(51(11,12)13)23-41(45(43)55)42-24-38(52(14,15)16)26-44(46(42)56)50-54(40(28-62-50)18-30(3)4)64(59,60)48-35(9)21-32(6)22-36(48)10/h19-26,29-30,39-40,49-50,55-56H,17-18,27-28H2,1-16H3/t39-,40-,49-,50-/m0/s1. The van der Waals surface area contributed by atoms with Crippen LogP contribution < -0.4 is 0 Å². The van der Waals surface area contributed by atoms with E-state index in [1.807, 2.05) is 159 Å². The number of hydrogen-bond donors (Lipinski definition) is 2. The average Bonchev–Trinajstić information content (AvgIpc) is 3.74. The number of ether oxygens (including phenoxy) is 2. The number of phenolic OH excluding ortho intramolecular Hbond substituents is 2. The van der Waals surface area contributed by atoms with Crippen molar-refractivity contribution in [3.8, 4) is 22.6 Å². The lowest BCUT2D eigenvalue weighted by atomic mass is 9.80. The molecule has 0 bridgehead atoms. The van der Waals surface area contributed by atoms with Crippen LogP contribution in [0.1, 0.15) is 150 Å². The maximum atomic E-state index is 15.1. The van der Waals surface area contributed by atoms with Crippen molar-refractivity contribution in [3.05, 3.63) is 104 Å². The minimum absolute atomic E-state index is 0.121. The van der Waals surface area contributed by atoms with Crippen molar-refractivity contribution in [2.45, 2.75) is 169 Å². The largest absolute Gasteiger partial charge is 0.507 e. The third-order valence-corrected chi connectivity index (χ3v) is 17.1. The van der Waals surface area contributed by atoms with Gasteiger partial charge in [0.15, 0.2) is 12.5 Å². The highest BCUT2D eigenvalue weighted by Gasteiger charge is 2.49. The predicted molar refractivity (Wildman–Crippen MR) is 256 cm³/mol. The summed E-state index contributed by atoms with van der Waals surface area (Å²) in [5, 5.41) is 25.5. The molecule has 0 spiro atoms. The maximum Gasteiger partial charge on any atom is 0.246 e. The van der Waals surface area contributed by atoms with Gasteiger partial charge in [0, 0.05) is 22.3 Å². The fourth-order valence-electron chi connectivity index (χ4n) is 9.94. The Balaban J connectivity index is 1.62. The predicted octanol–water partition coefficient (Wildman–Crippen LogP) is 11.5. The number of aromatic hydroxyl groups is 2. The van der Waals surface area contributed by atoms with Gasteiger partial charge in [-0.25, -0.2) is 16.8 Å². The van der Waals surface area contributed by atoms with Crippen LogP contribution in [0.25, 0.3) is 11.1 Å². The molecule has 6 rings (SSSR count). The number of sulfonamides is 2. The molecule has 2 aliphatic heterocycles. The van der Waals surface area contributed by atoms with E-state index in [2.05, 4.69) is 0 Å². The Labute approximate surface area is 384 Å². The van der Waals surface area contributed by atoms with E-state index in [4.69, 9.17) is 9.47 Å². The molecule has 0 amide bonds. The van der Waals surface area contributed by atoms with Crippen molar-refractivity contribution in [1.82, 2.24) is 8.61 Å². The summed E-state index contributed by atoms with van der Waals surface area (Å²) in [5.41, 5.74) is 6.01. The van der Waals surface area contributed by atoms with E-state index in [0.717, 1.165) is 22.3 Å². The Kier molecular flexibility index (Phi) is 13.8. The molecule has 10 nitrogen and oxygen atoms in total. The molecule has 0 radical (unpaired) electrons. The van der Waals surface area contributed by atoms with Gasteiger partial charge in [-0.1, -0.05) is 105 Å². The molecule has 0 unspecified atom stereocenters. The van der Waals surface area contributed by atoms with Gasteiger partial charge in [0.1, 0.15) is 11.5 Å². The van der Waals surface area contributed by atoms with Gasteiger partial charge in [0.2, 0.25) is 20.0 Å². The van der Waals surface area contributed by atoms with Crippen molar-refractivity contribution in [3.63, 3.8) is 0 Å². The number of rotatable bonds is 11. The smallest absolute Gasteiger partial charge is 0.246 e. The Bertz CT molecular complexity index is 2430. The van der Waals surface area contributed by atoms with Gasteiger partial charge >= 0.3 is 0 Å². The molecule has 0 aliphatic carbocycles. The zero-order valence-electron chi connectivity index (χ0n) is 41.0. The number of hydrogen-bond acceptors (Lipinski definition) is 8. The second kappa shape index (κ2) is 17.8. The SMILES string of the molecule is Cc1cc(C)c(S(=O)(=O)N2[C@@H](CC(C)C)CO[C@H]2c2cc(C(C)(C)C)cc(-c3cc(C(C)(C)C)cc([C@@H]4OC[C@H](CC(C)C)N4S(=O)(=O)c4c(C)cc(C)cc4C)c3O)c2O)c(C)c1. The van der Waals surface area contributed by atoms with Crippen LogP contribution in [-0.4, -0.2) is 61.0 Å². The monoisotopic (exact) mass is 916 g/mol. The molecule has 2 aliphatic rings. The quantitative estimate of drug-likeness (QED) is 0.152. The van der Waals surface area contributed by atoms with Gasteiger partial charge < -0.3 is 19.7 Å². The third kappa shape index (κ3) is 9.42. The first-order valence-electron chi connectivity index (χ1n) is 22.7. The van der Waals surface area contributed by atoms with Crippen LogP contribution in [0.3, 0.4) is 0 Å². The zero-order chi connectivity index (χ0) is 47.8. The summed E-state index contributed by atoms with van der Waals surface area (Å²) in [5.74, 6) is -0.195. The lowest BCUT2D eigenvalue weighted by Crippen LogP contribution is -2.40. The highest BCUT2D eigenvalue weighted by molar-refractivity contribution is 7.89. The summed E-state index contributed by atoms with van der Waals surface area (Å²) < 4.78 is 76.5. The number of benzene rings is 4. The van der Waals surface area contributed by atoms with E-state index in [1.54, 1.807) is 0 Å². The topological polar surface area (TPSA) is 134 Å².